The fourth-order valence-corrected chi connectivity index (χ4v) is 4.93. The van der Waals surface area contributed by atoms with Crippen molar-refractivity contribution in [2.24, 2.45) is 7.05 Å². The predicted molar refractivity (Wildman–Crippen MR) is 147 cm³/mol. The van der Waals surface area contributed by atoms with Gasteiger partial charge in [-0.3, -0.25) is 9.36 Å². The first-order valence-electron chi connectivity index (χ1n) is 11.9. The van der Waals surface area contributed by atoms with E-state index in [1.54, 1.807) is 43.7 Å². The number of rotatable bonds is 6. The van der Waals surface area contributed by atoms with E-state index in [2.05, 4.69) is 30.1 Å². The van der Waals surface area contributed by atoms with Gasteiger partial charge in [0.15, 0.2) is 5.69 Å². The average molecular weight is 555 g/mol. The summed E-state index contributed by atoms with van der Waals surface area (Å²) in [6.07, 6.45) is 3.43. The number of carboxylic acid groups (broad SMARTS) is 1. The molecule has 1 aromatic carbocycles. The molecule has 0 spiro atoms. The molecule has 0 unspecified atom stereocenters. The number of halogens is 2. The van der Waals surface area contributed by atoms with Gasteiger partial charge < -0.3 is 20.2 Å². The van der Waals surface area contributed by atoms with E-state index < -0.39 is 12.0 Å². The maximum atomic E-state index is 13.4. The summed E-state index contributed by atoms with van der Waals surface area (Å²) < 4.78 is 1.53. The first-order valence-corrected chi connectivity index (χ1v) is 12.6. The number of aromatic carboxylic acids is 1. The largest absolute Gasteiger partial charge is 0.476 e. The van der Waals surface area contributed by atoms with E-state index in [1.165, 1.54) is 10.6 Å². The van der Waals surface area contributed by atoms with Gasteiger partial charge in [-0.25, -0.2) is 24.7 Å². The van der Waals surface area contributed by atoms with E-state index in [-0.39, 0.29) is 22.1 Å². The third kappa shape index (κ3) is 4.94. The molecule has 0 amide bonds. The summed E-state index contributed by atoms with van der Waals surface area (Å²) in [6.45, 7) is 4.43. The highest BCUT2D eigenvalue weighted by Gasteiger charge is 2.25. The molecule has 196 valence electrons. The normalized spacial score (nSPS) is 14.5. The molecule has 0 aliphatic carbocycles. The van der Waals surface area contributed by atoms with E-state index in [0.29, 0.717) is 59.6 Å². The van der Waals surface area contributed by atoms with Crippen molar-refractivity contribution in [3.8, 4) is 0 Å². The smallest absolute Gasteiger partial charge is 0.356 e. The summed E-state index contributed by atoms with van der Waals surface area (Å²) in [4.78, 5) is 46.8. The van der Waals surface area contributed by atoms with Crippen LogP contribution in [-0.2, 0) is 7.05 Å². The van der Waals surface area contributed by atoms with Gasteiger partial charge in [-0.15, -0.1) is 0 Å². The van der Waals surface area contributed by atoms with Crippen LogP contribution in [0, 0.1) is 0 Å². The summed E-state index contributed by atoms with van der Waals surface area (Å²) in [7, 11) is 1.69. The highest BCUT2D eigenvalue weighted by Crippen LogP contribution is 2.30. The van der Waals surface area contributed by atoms with E-state index in [1.807, 2.05) is 6.92 Å². The zero-order valence-corrected chi connectivity index (χ0v) is 22.1. The molecule has 11 nitrogen and oxygen atoms in total. The third-order valence-corrected chi connectivity index (χ3v) is 6.88. The molecule has 1 saturated heterocycles. The summed E-state index contributed by atoms with van der Waals surface area (Å²) in [5, 5.41) is 13.6. The number of pyridine rings is 1. The van der Waals surface area contributed by atoms with Crippen molar-refractivity contribution in [2.75, 3.05) is 41.3 Å². The predicted octanol–water partition coefficient (Wildman–Crippen LogP) is 3.62. The lowest BCUT2D eigenvalue weighted by Crippen LogP contribution is -2.48. The fourth-order valence-electron chi connectivity index (χ4n) is 4.55. The minimum atomic E-state index is -1.22. The Morgan fingerprint density at radius 2 is 1.74 bits per heavy atom. The SMILES string of the molecule is C[C@@H](Nc1ccc(Cl)nc1C(=O)O)c1cc(Cl)cc2c(=O)n(C)c(N3CCN(c4ncccn4)CC3)nc12. The average Bonchev–Trinajstić information content (AvgIpc) is 2.92. The standard InChI is InChI=1S/C25H24Cl2N8O3/c1-14(30-18-4-5-19(27)31-21(18)23(37)38)16-12-15(26)13-17-20(16)32-25(33(2)22(17)36)35-10-8-34(9-11-35)24-28-6-3-7-29-24/h3-7,12-14,30H,8-11H2,1-2H3,(H,37,38)/t14-/m1/s1. The van der Waals surface area contributed by atoms with Crippen LogP contribution >= 0.6 is 23.2 Å². The van der Waals surface area contributed by atoms with Crippen LogP contribution in [0.5, 0.6) is 0 Å². The quantitative estimate of drug-likeness (QED) is 0.341. The monoisotopic (exact) mass is 554 g/mol. The molecule has 4 aromatic rings. The molecule has 0 saturated carbocycles. The summed E-state index contributed by atoms with van der Waals surface area (Å²) >= 11 is 12.3. The van der Waals surface area contributed by atoms with Gasteiger partial charge >= 0.3 is 5.97 Å². The number of anilines is 3. The molecule has 2 N–H and O–H groups in total. The molecule has 4 heterocycles. The van der Waals surface area contributed by atoms with Crippen molar-refractivity contribution in [1.82, 2.24) is 24.5 Å². The second-order valence-electron chi connectivity index (χ2n) is 8.89. The Labute approximate surface area is 227 Å². The highest BCUT2D eigenvalue weighted by molar-refractivity contribution is 6.31. The molecular weight excluding hydrogens is 531 g/mol. The topological polar surface area (TPSA) is 129 Å². The number of nitrogens with one attached hydrogen (secondary N) is 1. The Hall–Kier alpha value is -3.96. The molecular formula is C25H24Cl2N8O3. The van der Waals surface area contributed by atoms with Crippen molar-refractivity contribution in [1.29, 1.82) is 0 Å². The molecule has 0 bridgehead atoms. The van der Waals surface area contributed by atoms with Crippen molar-refractivity contribution in [3.63, 3.8) is 0 Å². The zero-order valence-electron chi connectivity index (χ0n) is 20.6. The van der Waals surface area contributed by atoms with Gasteiger partial charge in [0.1, 0.15) is 5.15 Å². The second-order valence-corrected chi connectivity index (χ2v) is 9.72. The lowest BCUT2D eigenvalue weighted by molar-refractivity contribution is 0.0691. The van der Waals surface area contributed by atoms with Crippen molar-refractivity contribution < 1.29 is 9.90 Å². The van der Waals surface area contributed by atoms with Gasteiger partial charge in [0.2, 0.25) is 11.9 Å². The molecule has 38 heavy (non-hydrogen) atoms. The summed E-state index contributed by atoms with van der Waals surface area (Å²) in [6, 6.07) is 7.70. The number of nitrogens with zero attached hydrogens (tertiary/aromatic N) is 7. The number of piperazine rings is 1. The summed E-state index contributed by atoms with van der Waals surface area (Å²) in [5.74, 6) is -0.0134. The van der Waals surface area contributed by atoms with Crippen molar-refractivity contribution in [2.45, 2.75) is 13.0 Å². The molecule has 1 aliphatic heterocycles. The van der Waals surface area contributed by atoms with Gasteiger partial charge in [0, 0.05) is 56.2 Å². The Morgan fingerprint density at radius 3 is 2.42 bits per heavy atom. The van der Waals surface area contributed by atoms with Crippen molar-refractivity contribution in [3.05, 3.63) is 74.5 Å². The van der Waals surface area contributed by atoms with Gasteiger partial charge in [-0.05, 0) is 37.3 Å². The first kappa shape index (κ1) is 25.7. The number of aromatic nitrogens is 5. The van der Waals surface area contributed by atoms with Crippen LogP contribution in [0.15, 0.2) is 47.5 Å². The minimum Gasteiger partial charge on any atom is -0.476 e. The molecule has 1 fully saturated rings. The van der Waals surface area contributed by atoms with Crippen molar-refractivity contribution >= 4 is 57.7 Å². The maximum Gasteiger partial charge on any atom is 0.356 e. The first-order chi connectivity index (χ1) is 18.2. The number of hydrogen-bond donors (Lipinski definition) is 2. The van der Waals surface area contributed by atoms with Crippen LogP contribution < -0.4 is 20.7 Å². The van der Waals surface area contributed by atoms with Crippen LogP contribution in [0.3, 0.4) is 0 Å². The molecule has 0 radical (unpaired) electrons. The van der Waals surface area contributed by atoms with Crippen LogP contribution in [0.4, 0.5) is 17.6 Å². The zero-order chi connectivity index (χ0) is 27.0. The Morgan fingerprint density at radius 1 is 1.05 bits per heavy atom. The number of hydrogen-bond acceptors (Lipinski definition) is 9. The molecule has 1 atom stereocenters. The van der Waals surface area contributed by atoms with Crippen LogP contribution in [-0.4, -0.2) is 61.8 Å². The van der Waals surface area contributed by atoms with E-state index >= 15 is 0 Å². The number of benzene rings is 1. The van der Waals surface area contributed by atoms with Gasteiger partial charge in [-0.1, -0.05) is 23.2 Å². The van der Waals surface area contributed by atoms with Crippen LogP contribution in [0.1, 0.15) is 29.0 Å². The minimum absolute atomic E-state index is 0.0718. The Bertz CT molecular complexity index is 1570. The molecule has 1 aliphatic rings. The number of fused-ring (bicyclic) bond motifs is 1. The summed E-state index contributed by atoms with van der Waals surface area (Å²) in [5.41, 5.74) is 0.981. The highest BCUT2D eigenvalue weighted by atomic mass is 35.5. The Balaban J connectivity index is 1.50. The molecule has 13 heteroatoms. The molecule has 5 rings (SSSR count). The number of carboxylic acids is 1. The van der Waals surface area contributed by atoms with Gasteiger partial charge in [0.05, 0.1) is 22.6 Å². The van der Waals surface area contributed by atoms with Gasteiger partial charge in [0.25, 0.3) is 5.56 Å². The fraction of sp³-hybridized carbons (Fsp3) is 0.280. The maximum absolute atomic E-state index is 13.4. The third-order valence-electron chi connectivity index (χ3n) is 6.45. The number of carbonyl (C=O) groups is 1. The van der Waals surface area contributed by atoms with Crippen LogP contribution in [0.25, 0.3) is 10.9 Å². The van der Waals surface area contributed by atoms with E-state index in [9.17, 15) is 14.7 Å². The molecule has 3 aromatic heterocycles. The van der Waals surface area contributed by atoms with Crippen LogP contribution in [0.2, 0.25) is 10.2 Å². The van der Waals surface area contributed by atoms with E-state index in [4.69, 9.17) is 28.2 Å². The second kappa shape index (κ2) is 10.4. The lowest BCUT2D eigenvalue weighted by Gasteiger charge is -2.35. The van der Waals surface area contributed by atoms with Gasteiger partial charge in [-0.2, -0.15) is 0 Å². The van der Waals surface area contributed by atoms with E-state index in [0.717, 1.165) is 0 Å². The Kier molecular flexibility index (Phi) is 7.04. The lowest BCUT2D eigenvalue weighted by atomic mass is 10.0.